The quantitative estimate of drug-likeness (QED) is 0.851. The van der Waals surface area contributed by atoms with Gasteiger partial charge in [0.1, 0.15) is 0 Å². The van der Waals surface area contributed by atoms with Gasteiger partial charge in [-0.25, -0.2) is 0 Å². The third-order valence-corrected chi connectivity index (χ3v) is 4.25. The van der Waals surface area contributed by atoms with Crippen molar-refractivity contribution < 1.29 is 4.79 Å². The van der Waals surface area contributed by atoms with Gasteiger partial charge in [0.25, 0.3) is 5.91 Å². The van der Waals surface area contributed by atoms with E-state index in [1.54, 1.807) is 0 Å². The molecule has 1 N–H and O–H groups in total. The highest BCUT2D eigenvalue weighted by atomic mass is 16.2. The van der Waals surface area contributed by atoms with Crippen molar-refractivity contribution in [1.82, 2.24) is 9.88 Å². The number of H-pyrrole nitrogens is 1. The van der Waals surface area contributed by atoms with Crippen molar-refractivity contribution in [3.63, 3.8) is 0 Å². The summed E-state index contributed by atoms with van der Waals surface area (Å²) in [5.74, 6) is 1.62. The van der Waals surface area contributed by atoms with E-state index >= 15 is 0 Å². The predicted octanol–water partition coefficient (Wildman–Crippen LogP) is 2.62. The van der Waals surface area contributed by atoms with E-state index < -0.39 is 0 Å². The Morgan fingerprint density at radius 2 is 1.88 bits per heavy atom. The molecule has 2 aliphatic carbocycles. The minimum atomic E-state index is 0.265. The van der Waals surface area contributed by atoms with Gasteiger partial charge < -0.3 is 9.88 Å². The molecule has 0 unspecified atom stereocenters. The number of likely N-dealkylation sites (tertiary alicyclic amines) is 1. The molecule has 1 saturated heterocycles. The molecule has 1 aliphatic heterocycles. The van der Waals surface area contributed by atoms with Crippen molar-refractivity contribution in [2.75, 3.05) is 13.1 Å². The van der Waals surface area contributed by atoms with Crippen molar-refractivity contribution in [2.24, 2.45) is 0 Å². The van der Waals surface area contributed by atoms with Crippen LogP contribution in [0.5, 0.6) is 0 Å². The van der Waals surface area contributed by atoms with Crippen LogP contribution in [0, 0.1) is 0 Å². The number of hydrogen-bond acceptors (Lipinski definition) is 1. The topological polar surface area (TPSA) is 36.1 Å². The molecule has 2 heterocycles. The number of aromatic nitrogens is 1. The fraction of sp³-hybridized carbons (Fsp3) is 0.643. The maximum atomic E-state index is 12.3. The van der Waals surface area contributed by atoms with Crippen LogP contribution in [0.25, 0.3) is 0 Å². The van der Waals surface area contributed by atoms with Crippen LogP contribution in [-0.2, 0) is 0 Å². The second-order valence-electron chi connectivity index (χ2n) is 5.75. The van der Waals surface area contributed by atoms with Gasteiger partial charge in [-0.1, -0.05) is 0 Å². The van der Waals surface area contributed by atoms with Gasteiger partial charge >= 0.3 is 0 Å². The fourth-order valence-electron chi connectivity index (χ4n) is 2.67. The molecule has 4 rings (SSSR count). The molecule has 3 fully saturated rings. The van der Waals surface area contributed by atoms with Gasteiger partial charge in [-0.3, -0.25) is 4.79 Å². The van der Waals surface area contributed by atoms with Crippen LogP contribution in [-0.4, -0.2) is 28.9 Å². The summed E-state index contributed by atoms with van der Waals surface area (Å²) in [4.78, 5) is 17.9. The van der Waals surface area contributed by atoms with E-state index in [0.717, 1.165) is 18.7 Å². The maximum Gasteiger partial charge on any atom is 0.255 e. The monoisotopic (exact) mass is 230 g/mol. The number of nitrogens with zero attached hydrogens (tertiary/aromatic N) is 1. The lowest BCUT2D eigenvalue weighted by Crippen LogP contribution is -2.42. The average molecular weight is 230 g/mol. The van der Waals surface area contributed by atoms with Crippen LogP contribution < -0.4 is 0 Å². The van der Waals surface area contributed by atoms with Crippen LogP contribution in [0.4, 0.5) is 0 Å². The summed E-state index contributed by atoms with van der Waals surface area (Å²) < 4.78 is 0. The normalized spacial score (nSPS) is 23.6. The fourth-order valence-corrected chi connectivity index (χ4v) is 2.67. The summed E-state index contributed by atoms with van der Waals surface area (Å²) >= 11 is 0. The highest BCUT2D eigenvalue weighted by molar-refractivity contribution is 5.96. The van der Waals surface area contributed by atoms with E-state index in [4.69, 9.17) is 0 Å². The third-order valence-electron chi connectivity index (χ3n) is 4.25. The molecule has 90 valence electrons. The largest absolute Gasteiger partial charge is 0.361 e. The molecule has 2 saturated carbocycles. The van der Waals surface area contributed by atoms with Gasteiger partial charge in [0, 0.05) is 24.5 Å². The van der Waals surface area contributed by atoms with Gasteiger partial charge in [0.05, 0.1) is 5.56 Å². The van der Waals surface area contributed by atoms with E-state index in [0.29, 0.717) is 11.8 Å². The first-order valence-electron chi connectivity index (χ1n) is 6.85. The number of amides is 1. The molecule has 0 spiro atoms. The second-order valence-corrected chi connectivity index (χ2v) is 5.75. The maximum absolute atomic E-state index is 12.3. The molecular weight excluding hydrogens is 212 g/mol. The molecule has 1 aromatic rings. The van der Waals surface area contributed by atoms with E-state index in [1.807, 2.05) is 4.90 Å². The molecule has 0 atom stereocenters. The first-order valence-corrected chi connectivity index (χ1v) is 6.85. The molecule has 0 radical (unpaired) electrons. The van der Waals surface area contributed by atoms with Crippen LogP contribution in [0.1, 0.15) is 65.7 Å². The molecule has 3 nitrogen and oxygen atoms in total. The van der Waals surface area contributed by atoms with Crippen LogP contribution in [0.15, 0.2) is 6.07 Å². The smallest absolute Gasteiger partial charge is 0.255 e. The van der Waals surface area contributed by atoms with Gasteiger partial charge in [0.2, 0.25) is 0 Å². The number of carbonyl (C=O) groups excluding carboxylic acids is 1. The summed E-state index contributed by atoms with van der Waals surface area (Å²) in [7, 11) is 0. The molecule has 17 heavy (non-hydrogen) atoms. The predicted molar refractivity (Wildman–Crippen MR) is 65.3 cm³/mol. The molecular formula is C14H18N2O. The SMILES string of the molecule is O=C(c1cc(C2CC2)[nH]c1C1CC1)N1CCC1. The van der Waals surface area contributed by atoms with Crippen LogP contribution >= 0.6 is 0 Å². The zero-order chi connectivity index (χ0) is 11.4. The van der Waals surface area contributed by atoms with Gasteiger partial charge in [-0.2, -0.15) is 0 Å². The highest BCUT2D eigenvalue weighted by Gasteiger charge is 2.35. The number of carbonyl (C=O) groups is 1. The van der Waals surface area contributed by atoms with Crippen molar-refractivity contribution in [3.05, 3.63) is 23.0 Å². The van der Waals surface area contributed by atoms with Crippen LogP contribution in [0.3, 0.4) is 0 Å². The summed E-state index contributed by atoms with van der Waals surface area (Å²) in [6, 6.07) is 2.14. The van der Waals surface area contributed by atoms with E-state index in [9.17, 15) is 4.79 Å². The molecule has 3 aliphatic rings. The van der Waals surface area contributed by atoms with Crippen LogP contribution in [0.2, 0.25) is 0 Å². The lowest BCUT2D eigenvalue weighted by atomic mass is 10.1. The Hall–Kier alpha value is -1.25. The Bertz CT molecular complexity index is 465. The van der Waals surface area contributed by atoms with E-state index in [1.165, 1.54) is 43.5 Å². The highest BCUT2D eigenvalue weighted by Crippen LogP contribution is 2.45. The molecule has 1 aromatic heterocycles. The number of rotatable bonds is 3. The Morgan fingerprint density at radius 1 is 1.18 bits per heavy atom. The van der Waals surface area contributed by atoms with Crippen molar-refractivity contribution >= 4 is 5.91 Å². The van der Waals surface area contributed by atoms with E-state index in [2.05, 4.69) is 11.1 Å². The molecule has 3 heteroatoms. The Balaban J connectivity index is 1.68. The first-order chi connectivity index (χ1) is 8.33. The molecule has 1 amide bonds. The summed E-state index contributed by atoms with van der Waals surface area (Å²) in [6.45, 7) is 1.90. The van der Waals surface area contributed by atoms with Gasteiger partial charge in [-0.15, -0.1) is 0 Å². The minimum Gasteiger partial charge on any atom is -0.361 e. The molecule has 0 aromatic carbocycles. The standard InChI is InChI=1S/C14H18N2O/c17-14(16-6-1-7-16)11-8-12(9-2-3-9)15-13(11)10-4-5-10/h8-10,15H,1-7H2. The van der Waals surface area contributed by atoms with Gasteiger partial charge in [-0.05, 0) is 50.0 Å². The third kappa shape index (κ3) is 1.60. The zero-order valence-electron chi connectivity index (χ0n) is 10.0. The summed E-state index contributed by atoms with van der Waals surface area (Å²) in [5.41, 5.74) is 3.54. The number of hydrogen-bond donors (Lipinski definition) is 1. The van der Waals surface area contributed by atoms with Crippen molar-refractivity contribution in [1.29, 1.82) is 0 Å². The van der Waals surface area contributed by atoms with Crippen molar-refractivity contribution in [3.8, 4) is 0 Å². The summed E-state index contributed by atoms with van der Waals surface area (Å²) in [5, 5.41) is 0. The Kier molecular flexibility index (Phi) is 1.93. The first kappa shape index (κ1) is 9.75. The lowest BCUT2D eigenvalue weighted by Gasteiger charge is -2.30. The molecule has 0 bridgehead atoms. The average Bonchev–Trinajstić information content (AvgIpc) is 3.13. The lowest BCUT2D eigenvalue weighted by molar-refractivity contribution is 0.0651. The van der Waals surface area contributed by atoms with E-state index in [-0.39, 0.29) is 5.91 Å². The van der Waals surface area contributed by atoms with Crippen molar-refractivity contribution in [2.45, 2.75) is 43.9 Å². The van der Waals surface area contributed by atoms with Gasteiger partial charge in [0.15, 0.2) is 0 Å². The zero-order valence-corrected chi connectivity index (χ0v) is 10.0. The Morgan fingerprint density at radius 3 is 2.41 bits per heavy atom. The number of aromatic amines is 1. The second kappa shape index (κ2) is 3.37. The number of nitrogens with one attached hydrogen (secondary N) is 1. The summed E-state index contributed by atoms with van der Waals surface area (Å²) in [6.07, 6.45) is 6.27. The minimum absolute atomic E-state index is 0.265. The Labute approximate surface area is 101 Å².